The van der Waals surface area contributed by atoms with E-state index in [4.69, 9.17) is 10.8 Å². The molecule has 0 aromatic heterocycles. The molecule has 14 heavy (non-hydrogen) atoms. The lowest BCUT2D eigenvalue weighted by Crippen LogP contribution is -2.60. The Morgan fingerprint density at radius 1 is 1.50 bits per heavy atom. The maximum Gasteiger partial charge on any atom is 0.323 e. The van der Waals surface area contributed by atoms with Crippen LogP contribution in [0.5, 0.6) is 0 Å². The van der Waals surface area contributed by atoms with Crippen LogP contribution in [0.15, 0.2) is 0 Å². The van der Waals surface area contributed by atoms with Gasteiger partial charge < -0.3 is 21.1 Å². The van der Waals surface area contributed by atoms with Gasteiger partial charge in [-0.1, -0.05) is 0 Å². The Morgan fingerprint density at radius 2 is 2.14 bits per heavy atom. The molecular formula is C7H11N3O4. The van der Waals surface area contributed by atoms with Gasteiger partial charge in [-0.25, -0.2) is 4.79 Å². The number of rotatable bonds is 3. The van der Waals surface area contributed by atoms with Crippen molar-refractivity contribution in [1.82, 2.24) is 10.2 Å². The van der Waals surface area contributed by atoms with Gasteiger partial charge in [0.1, 0.15) is 12.6 Å². The van der Waals surface area contributed by atoms with Crippen LogP contribution in [0.2, 0.25) is 0 Å². The van der Waals surface area contributed by atoms with Gasteiger partial charge in [-0.15, -0.1) is 0 Å². The average Bonchev–Trinajstić information content (AvgIpc) is 1.97. The van der Waals surface area contributed by atoms with Crippen molar-refractivity contribution < 1.29 is 19.5 Å². The highest BCUT2D eigenvalue weighted by molar-refractivity contribution is 5.88. The molecule has 0 saturated carbocycles. The molecule has 78 valence electrons. The van der Waals surface area contributed by atoms with Crippen molar-refractivity contribution in [3.8, 4) is 0 Å². The Morgan fingerprint density at radius 3 is 2.50 bits per heavy atom. The lowest BCUT2D eigenvalue weighted by molar-refractivity contribution is -0.135. The van der Waals surface area contributed by atoms with Gasteiger partial charge in [-0.3, -0.25) is 9.59 Å². The molecule has 7 heteroatoms. The number of carbonyl (C=O) groups excluding carboxylic acids is 2. The summed E-state index contributed by atoms with van der Waals surface area (Å²) in [4.78, 5) is 33.2. The maximum atomic E-state index is 11.2. The highest BCUT2D eigenvalue weighted by atomic mass is 16.4. The summed E-state index contributed by atoms with van der Waals surface area (Å²) in [7, 11) is 0. The number of aliphatic carboxylic acids is 1. The Bertz CT molecular complexity index is 278. The topological polar surface area (TPSA) is 113 Å². The second kappa shape index (κ2) is 3.95. The third-order valence-corrected chi connectivity index (χ3v) is 2.00. The van der Waals surface area contributed by atoms with E-state index in [0.29, 0.717) is 13.0 Å². The molecule has 0 aliphatic carbocycles. The second-order valence-electron chi connectivity index (χ2n) is 2.95. The molecule has 0 radical (unpaired) electrons. The van der Waals surface area contributed by atoms with Crippen molar-refractivity contribution >= 4 is 17.9 Å². The molecule has 1 unspecified atom stereocenters. The first-order valence-electron chi connectivity index (χ1n) is 4.08. The van der Waals surface area contributed by atoms with E-state index in [1.807, 2.05) is 0 Å². The van der Waals surface area contributed by atoms with E-state index >= 15 is 0 Å². The van der Waals surface area contributed by atoms with Crippen molar-refractivity contribution in [3.63, 3.8) is 0 Å². The number of hydrogen-bond acceptors (Lipinski definition) is 3. The lowest BCUT2D eigenvalue weighted by atomic mass is 10.0. The molecule has 1 rings (SSSR count). The largest absolute Gasteiger partial charge is 0.480 e. The molecule has 0 spiro atoms. The highest BCUT2D eigenvalue weighted by Gasteiger charge is 2.36. The van der Waals surface area contributed by atoms with Gasteiger partial charge >= 0.3 is 12.0 Å². The van der Waals surface area contributed by atoms with Gasteiger partial charge in [0, 0.05) is 6.54 Å². The standard InChI is InChI=1S/C7H11N3O4/c8-6(13)4-1-2-10(4)7(14)9-3-5(11)12/h4H,1-3H2,(H2,8,13)(H,9,14)(H,11,12). The molecule has 7 nitrogen and oxygen atoms in total. The highest BCUT2D eigenvalue weighted by Crippen LogP contribution is 2.16. The fraction of sp³-hybridized carbons (Fsp3) is 0.571. The smallest absolute Gasteiger partial charge is 0.323 e. The van der Waals surface area contributed by atoms with E-state index in [2.05, 4.69) is 5.32 Å². The molecule has 1 aliphatic rings. The zero-order valence-electron chi connectivity index (χ0n) is 7.40. The number of nitrogens with one attached hydrogen (secondary N) is 1. The van der Waals surface area contributed by atoms with Gasteiger partial charge in [0.15, 0.2) is 0 Å². The fourth-order valence-corrected chi connectivity index (χ4v) is 1.18. The predicted octanol–water partition coefficient (Wildman–Crippen LogP) is -1.66. The number of amides is 3. The summed E-state index contributed by atoms with van der Waals surface area (Å²) in [6, 6.07) is -1.16. The number of likely N-dealkylation sites (tertiary alicyclic amines) is 1. The lowest BCUT2D eigenvalue weighted by Gasteiger charge is -2.38. The molecule has 1 fully saturated rings. The van der Waals surface area contributed by atoms with Crippen molar-refractivity contribution in [2.45, 2.75) is 12.5 Å². The Hall–Kier alpha value is -1.79. The molecule has 0 bridgehead atoms. The normalized spacial score (nSPS) is 19.7. The van der Waals surface area contributed by atoms with E-state index < -0.39 is 30.5 Å². The van der Waals surface area contributed by atoms with E-state index in [-0.39, 0.29) is 0 Å². The first kappa shape index (κ1) is 10.3. The third kappa shape index (κ3) is 2.12. The van der Waals surface area contributed by atoms with Crippen LogP contribution in [0.1, 0.15) is 6.42 Å². The van der Waals surface area contributed by atoms with Crippen LogP contribution in [-0.2, 0) is 9.59 Å². The quantitative estimate of drug-likeness (QED) is 0.507. The minimum absolute atomic E-state index is 0.430. The van der Waals surface area contributed by atoms with E-state index in [9.17, 15) is 14.4 Å². The minimum atomic E-state index is -1.13. The van der Waals surface area contributed by atoms with Gasteiger partial charge in [0.25, 0.3) is 0 Å². The number of carbonyl (C=O) groups is 3. The van der Waals surface area contributed by atoms with Crippen LogP contribution < -0.4 is 11.1 Å². The van der Waals surface area contributed by atoms with E-state index in [0.717, 1.165) is 0 Å². The molecule has 1 atom stereocenters. The van der Waals surface area contributed by atoms with Gasteiger partial charge in [0.05, 0.1) is 0 Å². The monoisotopic (exact) mass is 201 g/mol. The van der Waals surface area contributed by atoms with E-state index in [1.54, 1.807) is 0 Å². The van der Waals surface area contributed by atoms with Crippen LogP contribution in [0.25, 0.3) is 0 Å². The zero-order valence-corrected chi connectivity index (χ0v) is 7.40. The fourth-order valence-electron chi connectivity index (χ4n) is 1.18. The minimum Gasteiger partial charge on any atom is -0.480 e. The molecule has 3 amide bonds. The second-order valence-corrected chi connectivity index (χ2v) is 2.95. The Labute approximate surface area is 79.9 Å². The van der Waals surface area contributed by atoms with Crippen molar-refractivity contribution in [2.75, 3.05) is 13.1 Å². The van der Waals surface area contributed by atoms with Gasteiger partial charge in [-0.05, 0) is 6.42 Å². The van der Waals surface area contributed by atoms with E-state index in [1.165, 1.54) is 4.90 Å². The summed E-state index contributed by atoms with van der Waals surface area (Å²) in [5.41, 5.74) is 5.00. The SMILES string of the molecule is NC(=O)C1CCN1C(=O)NCC(=O)O. The third-order valence-electron chi connectivity index (χ3n) is 2.00. The number of nitrogens with two attached hydrogens (primary N) is 1. The van der Waals surface area contributed by atoms with Crippen molar-refractivity contribution in [1.29, 1.82) is 0 Å². The summed E-state index contributed by atoms with van der Waals surface area (Å²) in [5, 5.41) is 10.4. The molecule has 4 N–H and O–H groups in total. The molecule has 1 aliphatic heterocycles. The number of carboxylic acids is 1. The van der Waals surface area contributed by atoms with Crippen LogP contribution >= 0.6 is 0 Å². The molecular weight excluding hydrogens is 190 g/mol. The number of nitrogens with zero attached hydrogens (tertiary/aromatic N) is 1. The van der Waals surface area contributed by atoms with Crippen LogP contribution in [0.3, 0.4) is 0 Å². The Balaban J connectivity index is 2.38. The summed E-state index contributed by atoms with van der Waals surface area (Å²) >= 11 is 0. The van der Waals surface area contributed by atoms with Crippen LogP contribution in [0.4, 0.5) is 4.79 Å². The van der Waals surface area contributed by atoms with Crippen molar-refractivity contribution in [3.05, 3.63) is 0 Å². The van der Waals surface area contributed by atoms with Gasteiger partial charge in [0.2, 0.25) is 5.91 Å². The Kier molecular flexibility index (Phi) is 2.90. The summed E-state index contributed by atoms with van der Waals surface area (Å²) in [6.45, 7) is -0.0279. The van der Waals surface area contributed by atoms with Crippen LogP contribution in [0, 0.1) is 0 Å². The molecule has 1 saturated heterocycles. The summed E-state index contributed by atoms with van der Waals surface area (Å²) < 4.78 is 0. The molecule has 0 aromatic rings. The molecule has 0 aromatic carbocycles. The number of urea groups is 1. The van der Waals surface area contributed by atoms with Crippen molar-refractivity contribution in [2.24, 2.45) is 5.73 Å². The first-order chi connectivity index (χ1) is 6.52. The number of primary amides is 1. The molecule has 1 heterocycles. The summed E-state index contributed by atoms with van der Waals surface area (Å²) in [5.74, 6) is -1.70. The predicted molar refractivity (Wildman–Crippen MR) is 45.3 cm³/mol. The first-order valence-corrected chi connectivity index (χ1v) is 4.08. The maximum absolute atomic E-state index is 11.2. The van der Waals surface area contributed by atoms with Gasteiger partial charge in [-0.2, -0.15) is 0 Å². The zero-order chi connectivity index (χ0) is 10.7. The average molecular weight is 201 g/mol. The number of hydrogen-bond donors (Lipinski definition) is 3. The summed E-state index contributed by atoms with van der Waals surface area (Å²) in [6.07, 6.45) is 0.538. The number of carboxylic acid groups (broad SMARTS) is 1. The van der Waals surface area contributed by atoms with Crippen LogP contribution in [-0.4, -0.2) is 47.0 Å².